The Morgan fingerprint density at radius 3 is 2.35 bits per heavy atom. The van der Waals surface area contributed by atoms with Gasteiger partial charge < -0.3 is 10.6 Å². The lowest BCUT2D eigenvalue weighted by Gasteiger charge is -2.14. The van der Waals surface area contributed by atoms with E-state index in [1.165, 1.54) is 16.7 Å². The minimum Gasteiger partial charge on any atom is -0.358 e. The third kappa shape index (κ3) is 3.81. The molecule has 2 rings (SSSR count). The molecule has 0 aliphatic carbocycles. The van der Waals surface area contributed by atoms with E-state index in [1.807, 2.05) is 24.3 Å². The first kappa shape index (κ1) is 14.5. The molecule has 2 aromatic carbocycles. The number of nitrogens with one attached hydrogen (secondary N) is 2. The van der Waals surface area contributed by atoms with E-state index in [-0.39, 0.29) is 0 Å². The zero-order valence-electron chi connectivity index (χ0n) is 11.9. The highest BCUT2D eigenvalue weighted by molar-refractivity contribution is 7.80. The molecule has 104 valence electrons. The van der Waals surface area contributed by atoms with Crippen LogP contribution in [0.15, 0.2) is 48.5 Å². The van der Waals surface area contributed by atoms with Crippen LogP contribution in [0.4, 0.5) is 5.69 Å². The van der Waals surface area contributed by atoms with Crippen molar-refractivity contribution in [3.8, 4) is 0 Å². The Bertz CT molecular complexity index is 593. The fourth-order valence-corrected chi connectivity index (χ4v) is 2.28. The van der Waals surface area contributed by atoms with Crippen LogP contribution in [-0.2, 0) is 13.0 Å². The Morgan fingerprint density at radius 1 is 1.00 bits per heavy atom. The number of anilines is 1. The summed E-state index contributed by atoms with van der Waals surface area (Å²) in [5.74, 6) is 0. The predicted molar refractivity (Wildman–Crippen MR) is 90.1 cm³/mol. The van der Waals surface area contributed by atoms with Crippen LogP contribution >= 0.6 is 12.2 Å². The second-order valence-electron chi connectivity index (χ2n) is 4.74. The lowest BCUT2D eigenvalue weighted by molar-refractivity contribution is 0.915. The first-order valence-corrected chi connectivity index (χ1v) is 7.28. The number of para-hydroxylation sites is 1. The third-order valence-electron chi connectivity index (χ3n) is 3.35. The van der Waals surface area contributed by atoms with Gasteiger partial charge in [0.05, 0.1) is 0 Å². The molecule has 0 amide bonds. The molecule has 0 aliphatic heterocycles. The van der Waals surface area contributed by atoms with Gasteiger partial charge in [-0.3, -0.25) is 0 Å². The van der Waals surface area contributed by atoms with E-state index in [4.69, 9.17) is 12.2 Å². The molecule has 2 aromatic rings. The summed E-state index contributed by atoms with van der Waals surface area (Å²) in [5.41, 5.74) is 4.89. The van der Waals surface area contributed by atoms with Crippen molar-refractivity contribution >= 4 is 23.0 Å². The van der Waals surface area contributed by atoms with E-state index in [2.05, 4.69) is 48.7 Å². The van der Waals surface area contributed by atoms with Crippen molar-refractivity contribution in [2.75, 3.05) is 5.32 Å². The zero-order chi connectivity index (χ0) is 14.4. The second-order valence-corrected chi connectivity index (χ2v) is 5.15. The fraction of sp³-hybridized carbons (Fsp3) is 0.235. The highest BCUT2D eigenvalue weighted by Crippen LogP contribution is 2.15. The highest BCUT2D eigenvalue weighted by Gasteiger charge is 2.03. The lowest BCUT2D eigenvalue weighted by Crippen LogP contribution is -2.28. The van der Waals surface area contributed by atoms with Gasteiger partial charge in [0.1, 0.15) is 0 Å². The fourth-order valence-electron chi connectivity index (χ4n) is 2.10. The van der Waals surface area contributed by atoms with Gasteiger partial charge in [0, 0.05) is 12.2 Å². The summed E-state index contributed by atoms with van der Waals surface area (Å²) < 4.78 is 0. The smallest absolute Gasteiger partial charge is 0.171 e. The van der Waals surface area contributed by atoms with Gasteiger partial charge in [-0.1, -0.05) is 49.4 Å². The summed E-state index contributed by atoms with van der Waals surface area (Å²) in [7, 11) is 0. The number of benzene rings is 2. The second kappa shape index (κ2) is 7.06. The summed E-state index contributed by atoms with van der Waals surface area (Å²) in [5, 5.41) is 7.19. The summed E-state index contributed by atoms with van der Waals surface area (Å²) in [6.45, 7) is 5.00. The maximum Gasteiger partial charge on any atom is 0.171 e. The molecule has 0 unspecified atom stereocenters. The predicted octanol–water partition coefficient (Wildman–Crippen LogP) is 4.04. The maximum atomic E-state index is 5.36. The topological polar surface area (TPSA) is 24.1 Å². The molecule has 20 heavy (non-hydrogen) atoms. The quantitative estimate of drug-likeness (QED) is 0.828. The molecule has 0 atom stereocenters. The van der Waals surface area contributed by atoms with Crippen LogP contribution < -0.4 is 10.6 Å². The minimum absolute atomic E-state index is 0.661. The van der Waals surface area contributed by atoms with Gasteiger partial charge in [-0.2, -0.15) is 0 Å². The molecular weight excluding hydrogens is 264 g/mol. The first-order valence-electron chi connectivity index (χ1n) is 6.88. The van der Waals surface area contributed by atoms with Crippen molar-refractivity contribution in [3.05, 3.63) is 65.2 Å². The number of hydrogen-bond acceptors (Lipinski definition) is 1. The van der Waals surface area contributed by atoms with Crippen molar-refractivity contribution in [1.82, 2.24) is 5.32 Å². The molecule has 0 aliphatic rings. The Hall–Kier alpha value is -1.87. The van der Waals surface area contributed by atoms with E-state index in [1.54, 1.807) is 0 Å². The van der Waals surface area contributed by atoms with Crippen molar-refractivity contribution in [2.45, 2.75) is 26.8 Å². The summed E-state index contributed by atoms with van der Waals surface area (Å²) in [6, 6.07) is 16.6. The van der Waals surface area contributed by atoms with Crippen molar-refractivity contribution in [1.29, 1.82) is 0 Å². The summed E-state index contributed by atoms with van der Waals surface area (Å²) in [6.07, 6.45) is 0.990. The van der Waals surface area contributed by atoms with Gasteiger partial charge in [-0.25, -0.2) is 0 Å². The van der Waals surface area contributed by atoms with E-state index in [0.29, 0.717) is 5.11 Å². The van der Waals surface area contributed by atoms with Crippen molar-refractivity contribution in [2.24, 2.45) is 0 Å². The van der Waals surface area contributed by atoms with Crippen molar-refractivity contribution < 1.29 is 0 Å². The van der Waals surface area contributed by atoms with E-state index >= 15 is 0 Å². The molecule has 2 nitrogen and oxygen atoms in total. The van der Waals surface area contributed by atoms with Gasteiger partial charge in [-0.05, 0) is 48.3 Å². The summed E-state index contributed by atoms with van der Waals surface area (Å²) >= 11 is 5.36. The van der Waals surface area contributed by atoms with Gasteiger partial charge in [0.25, 0.3) is 0 Å². The molecule has 3 heteroatoms. The van der Waals surface area contributed by atoms with Gasteiger partial charge >= 0.3 is 0 Å². The van der Waals surface area contributed by atoms with Crippen LogP contribution in [0.5, 0.6) is 0 Å². The number of hydrogen-bond donors (Lipinski definition) is 2. The largest absolute Gasteiger partial charge is 0.358 e. The summed E-state index contributed by atoms with van der Waals surface area (Å²) in [4.78, 5) is 0. The maximum absolute atomic E-state index is 5.36. The standard InChI is InChI=1S/C17H20N2S/c1-3-14-9-6-7-11-16(14)19-17(20)18-12-15-10-5-4-8-13(15)2/h4-11H,3,12H2,1-2H3,(H2,18,19,20). The van der Waals surface area contributed by atoms with Crippen LogP contribution in [0.25, 0.3) is 0 Å². The van der Waals surface area contributed by atoms with Crippen LogP contribution in [0.3, 0.4) is 0 Å². The number of rotatable bonds is 4. The zero-order valence-corrected chi connectivity index (χ0v) is 12.8. The molecule has 0 saturated heterocycles. The lowest BCUT2D eigenvalue weighted by atomic mass is 10.1. The Morgan fingerprint density at radius 2 is 1.65 bits per heavy atom. The normalized spacial score (nSPS) is 10.1. The Labute approximate surface area is 126 Å². The molecule has 0 fully saturated rings. The van der Waals surface area contributed by atoms with Crippen LogP contribution in [0.1, 0.15) is 23.6 Å². The molecule has 0 heterocycles. The molecule has 0 radical (unpaired) electrons. The van der Waals surface area contributed by atoms with E-state index in [9.17, 15) is 0 Å². The molecule has 0 bridgehead atoms. The highest BCUT2D eigenvalue weighted by atomic mass is 32.1. The van der Waals surface area contributed by atoms with Gasteiger partial charge in [0.2, 0.25) is 0 Å². The van der Waals surface area contributed by atoms with Crippen LogP contribution in [-0.4, -0.2) is 5.11 Å². The molecule has 0 aromatic heterocycles. The van der Waals surface area contributed by atoms with Gasteiger partial charge in [-0.15, -0.1) is 0 Å². The average molecular weight is 284 g/mol. The monoisotopic (exact) mass is 284 g/mol. The molecule has 0 saturated carbocycles. The molecular formula is C17H20N2S. The van der Waals surface area contributed by atoms with Gasteiger partial charge in [0.15, 0.2) is 5.11 Å². The van der Waals surface area contributed by atoms with Crippen molar-refractivity contribution in [3.63, 3.8) is 0 Å². The van der Waals surface area contributed by atoms with E-state index < -0.39 is 0 Å². The Balaban J connectivity index is 1.95. The number of aryl methyl sites for hydroxylation is 2. The van der Waals surface area contributed by atoms with E-state index in [0.717, 1.165) is 18.7 Å². The minimum atomic E-state index is 0.661. The Kier molecular flexibility index (Phi) is 5.13. The first-order chi connectivity index (χ1) is 9.70. The number of thiocarbonyl (C=S) groups is 1. The van der Waals surface area contributed by atoms with Crippen LogP contribution in [0, 0.1) is 6.92 Å². The average Bonchev–Trinajstić information content (AvgIpc) is 2.47. The third-order valence-corrected chi connectivity index (χ3v) is 3.59. The molecule has 0 spiro atoms. The van der Waals surface area contributed by atoms with Crippen LogP contribution in [0.2, 0.25) is 0 Å². The SMILES string of the molecule is CCc1ccccc1NC(=S)NCc1ccccc1C. The molecule has 2 N–H and O–H groups in total.